The largest absolute Gasteiger partial charge is 0.508 e. The first-order valence-corrected chi connectivity index (χ1v) is 18.1. The van der Waals surface area contributed by atoms with Crippen LogP contribution in [0.1, 0.15) is 37.7 Å². The lowest BCUT2D eigenvalue weighted by Crippen LogP contribution is -2.59. The van der Waals surface area contributed by atoms with Gasteiger partial charge in [-0.3, -0.25) is 28.8 Å². The van der Waals surface area contributed by atoms with Crippen LogP contribution in [0.25, 0.3) is 0 Å². The maximum absolute atomic E-state index is 13.8. The van der Waals surface area contributed by atoms with E-state index >= 15 is 0 Å². The predicted molar refractivity (Wildman–Crippen MR) is 181 cm³/mol. The topological polar surface area (TPSA) is 263 Å². The SMILES string of the molecule is CSCC[C@H](NC(=O)[C@H](CCSC)NC(=O)[C@@H]1CCCN1C(=O)[C@H](CC(N)=O)NC(=O)[C@H](Cc1ccc(O)cc1)NC(=O)CN)C(=O)O. The fourth-order valence-electron chi connectivity index (χ4n) is 5.04. The zero-order valence-corrected chi connectivity index (χ0v) is 28.6. The van der Waals surface area contributed by atoms with Crippen molar-refractivity contribution in [2.45, 2.75) is 68.7 Å². The smallest absolute Gasteiger partial charge is 0.326 e. The first kappa shape index (κ1) is 40.1. The van der Waals surface area contributed by atoms with E-state index < -0.39 is 84.6 Å². The second-order valence-corrected chi connectivity index (χ2v) is 13.1. The quantitative estimate of drug-likeness (QED) is 0.0752. The maximum atomic E-state index is 13.8. The lowest BCUT2D eigenvalue weighted by atomic mass is 10.0. The number of primary amides is 1. The number of carboxylic acid groups (broad SMARTS) is 1. The number of phenolic OH excluding ortho intramolecular Hbond substituents is 1. The average Bonchev–Trinajstić information content (AvgIpc) is 3.54. The molecule has 0 radical (unpaired) electrons. The minimum atomic E-state index is -1.48. The molecule has 0 saturated carbocycles. The molecule has 2 rings (SSSR count). The van der Waals surface area contributed by atoms with Gasteiger partial charge in [-0.05, 0) is 67.4 Å². The molecular weight excluding hydrogens is 667 g/mol. The van der Waals surface area contributed by atoms with Gasteiger partial charge in [-0.1, -0.05) is 12.1 Å². The van der Waals surface area contributed by atoms with E-state index in [9.17, 15) is 43.8 Å². The number of nitrogens with one attached hydrogen (secondary N) is 4. The number of nitrogens with two attached hydrogens (primary N) is 2. The molecule has 1 aliphatic heterocycles. The van der Waals surface area contributed by atoms with Gasteiger partial charge in [-0.25, -0.2) is 4.79 Å². The highest BCUT2D eigenvalue weighted by Gasteiger charge is 2.40. The monoisotopic (exact) mass is 711 g/mol. The molecule has 0 spiro atoms. The molecule has 0 bridgehead atoms. The molecule has 0 unspecified atom stereocenters. The Morgan fingerprint density at radius 1 is 0.875 bits per heavy atom. The van der Waals surface area contributed by atoms with Crippen molar-refractivity contribution in [3.63, 3.8) is 0 Å². The number of phenols is 1. The van der Waals surface area contributed by atoms with Gasteiger partial charge in [0.1, 0.15) is 36.0 Å². The highest BCUT2D eigenvalue weighted by molar-refractivity contribution is 7.98. The van der Waals surface area contributed by atoms with Crippen LogP contribution in [0.2, 0.25) is 0 Å². The molecule has 1 aromatic rings. The number of hydrogen-bond donors (Lipinski definition) is 8. The van der Waals surface area contributed by atoms with Crippen molar-refractivity contribution in [3.8, 4) is 5.75 Å². The van der Waals surface area contributed by atoms with Crippen LogP contribution in [-0.2, 0) is 40.0 Å². The van der Waals surface area contributed by atoms with E-state index in [0.29, 0.717) is 23.5 Å². The highest BCUT2D eigenvalue weighted by Crippen LogP contribution is 2.20. The second-order valence-electron chi connectivity index (χ2n) is 11.1. The Morgan fingerprint density at radius 3 is 2.02 bits per heavy atom. The summed E-state index contributed by atoms with van der Waals surface area (Å²) >= 11 is 2.86. The summed E-state index contributed by atoms with van der Waals surface area (Å²) in [4.78, 5) is 90.8. The van der Waals surface area contributed by atoms with Gasteiger partial charge in [0, 0.05) is 13.0 Å². The first-order valence-electron chi connectivity index (χ1n) is 15.3. The number of carboxylic acids is 1. The number of thioether (sulfide) groups is 2. The molecular formula is C30H45N7O9S2. The summed E-state index contributed by atoms with van der Waals surface area (Å²) in [6, 6.07) is -0.0789. The Labute approximate surface area is 287 Å². The van der Waals surface area contributed by atoms with Gasteiger partial charge in [0.05, 0.1) is 13.0 Å². The van der Waals surface area contributed by atoms with Crippen LogP contribution in [0.4, 0.5) is 0 Å². The molecule has 1 saturated heterocycles. The van der Waals surface area contributed by atoms with Gasteiger partial charge in [-0.2, -0.15) is 23.5 Å². The number of aromatic hydroxyl groups is 1. The second kappa shape index (κ2) is 20.4. The van der Waals surface area contributed by atoms with E-state index in [0.717, 1.165) is 0 Å². The van der Waals surface area contributed by atoms with Crippen LogP contribution in [0.5, 0.6) is 5.75 Å². The summed E-state index contributed by atoms with van der Waals surface area (Å²) in [5, 5.41) is 29.3. The van der Waals surface area contributed by atoms with Crippen molar-refractivity contribution in [2.24, 2.45) is 11.5 Å². The maximum Gasteiger partial charge on any atom is 0.326 e. The van der Waals surface area contributed by atoms with Crippen molar-refractivity contribution >= 4 is 64.9 Å². The lowest BCUT2D eigenvalue weighted by Gasteiger charge is -2.30. The zero-order chi connectivity index (χ0) is 35.8. The van der Waals surface area contributed by atoms with Crippen molar-refractivity contribution in [1.29, 1.82) is 0 Å². The molecule has 1 heterocycles. The van der Waals surface area contributed by atoms with Gasteiger partial charge < -0.3 is 47.8 Å². The third-order valence-electron chi connectivity index (χ3n) is 7.54. The molecule has 1 aliphatic rings. The standard InChI is InChI=1S/C30H45N7O9S2/c1-47-12-9-19(26(41)35-20(30(45)46)10-13-48-2)34-28(43)23-4-3-11-37(23)29(44)22(15-24(32)39)36-27(42)21(33-25(40)16-31)14-17-5-7-18(38)8-6-17/h5-8,19-23,38H,3-4,9-16,31H2,1-2H3,(H2,32,39)(H,33,40)(H,34,43)(H,35,41)(H,36,42)(H,45,46)/t19-,20-,21-,22-,23-/m0/s1. The summed E-state index contributed by atoms with van der Waals surface area (Å²) in [5.41, 5.74) is 11.4. The Balaban J connectivity index is 2.24. The summed E-state index contributed by atoms with van der Waals surface area (Å²) < 4.78 is 0. The summed E-state index contributed by atoms with van der Waals surface area (Å²) in [5.74, 6) is -4.67. The third kappa shape index (κ3) is 12.9. The van der Waals surface area contributed by atoms with Crippen LogP contribution >= 0.6 is 23.5 Å². The van der Waals surface area contributed by atoms with Crippen LogP contribution in [0, 0.1) is 0 Å². The minimum Gasteiger partial charge on any atom is -0.508 e. The summed E-state index contributed by atoms with van der Waals surface area (Å²) in [6.45, 7) is -0.307. The molecule has 1 fully saturated rings. The van der Waals surface area contributed by atoms with E-state index in [4.69, 9.17) is 11.5 Å². The Kier molecular flexibility index (Phi) is 17.0. The molecule has 1 aromatic carbocycles. The van der Waals surface area contributed by atoms with Crippen LogP contribution in [0.3, 0.4) is 0 Å². The van der Waals surface area contributed by atoms with Crippen molar-refractivity contribution < 1.29 is 43.8 Å². The highest BCUT2D eigenvalue weighted by atomic mass is 32.2. The van der Waals surface area contributed by atoms with Gasteiger partial charge in [0.15, 0.2) is 0 Å². The van der Waals surface area contributed by atoms with Crippen LogP contribution in [-0.4, -0.2) is 124 Å². The van der Waals surface area contributed by atoms with Crippen molar-refractivity contribution in [2.75, 3.05) is 37.1 Å². The van der Waals surface area contributed by atoms with E-state index in [1.807, 2.05) is 12.5 Å². The predicted octanol–water partition coefficient (Wildman–Crippen LogP) is -1.71. The lowest BCUT2D eigenvalue weighted by molar-refractivity contribution is -0.144. The average molecular weight is 712 g/mol. The van der Waals surface area contributed by atoms with Crippen LogP contribution in [0.15, 0.2) is 24.3 Å². The summed E-state index contributed by atoms with van der Waals surface area (Å²) in [7, 11) is 0. The number of carbonyl (C=O) groups is 7. The third-order valence-corrected chi connectivity index (χ3v) is 8.83. The molecule has 0 aromatic heterocycles. The molecule has 6 amide bonds. The molecule has 10 N–H and O–H groups in total. The van der Waals surface area contributed by atoms with E-state index in [-0.39, 0.29) is 38.0 Å². The number of benzene rings is 1. The molecule has 0 aliphatic carbocycles. The minimum absolute atomic E-state index is 0.00566. The van der Waals surface area contributed by atoms with Gasteiger partial charge in [0.2, 0.25) is 35.4 Å². The zero-order valence-electron chi connectivity index (χ0n) is 26.9. The molecule has 266 valence electrons. The van der Waals surface area contributed by atoms with Gasteiger partial charge in [0.25, 0.3) is 0 Å². The van der Waals surface area contributed by atoms with E-state index in [1.54, 1.807) is 12.1 Å². The number of hydrogen-bond acceptors (Lipinski definition) is 11. The van der Waals surface area contributed by atoms with Crippen molar-refractivity contribution in [1.82, 2.24) is 26.2 Å². The van der Waals surface area contributed by atoms with Gasteiger partial charge >= 0.3 is 5.97 Å². The van der Waals surface area contributed by atoms with Crippen molar-refractivity contribution in [3.05, 3.63) is 29.8 Å². The van der Waals surface area contributed by atoms with E-state index in [1.165, 1.54) is 40.6 Å². The summed E-state index contributed by atoms with van der Waals surface area (Å²) in [6.07, 6.45) is 4.02. The molecule has 48 heavy (non-hydrogen) atoms. The first-order chi connectivity index (χ1) is 22.8. The Hall–Kier alpha value is -4.03. The van der Waals surface area contributed by atoms with E-state index in [2.05, 4.69) is 21.3 Å². The molecule has 5 atom stereocenters. The Bertz CT molecular complexity index is 1300. The fourth-order valence-corrected chi connectivity index (χ4v) is 5.99. The number of nitrogens with zero attached hydrogens (tertiary/aromatic N) is 1. The number of rotatable bonds is 20. The number of aliphatic carboxylic acids is 1. The number of likely N-dealkylation sites (tertiary alicyclic amines) is 1. The fraction of sp³-hybridized carbons (Fsp3) is 0.567. The molecule has 18 heteroatoms. The normalized spacial score (nSPS) is 16.6. The molecule has 16 nitrogen and oxygen atoms in total. The Morgan fingerprint density at radius 2 is 1.46 bits per heavy atom. The van der Waals surface area contributed by atoms with Gasteiger partial charge in [-0.15, -0.1) is 0 Å². The number of carbonyl (C=O) groups excluding carboxylic acids is 6. The van der Waals surface area contributed by atoms with Crippen LogP contribution < -0.4 is 32.7 Å². The number of amides is 6.